The maximum Gasteiger partial charge on any atom is 0.331 e. The lowest BCUT2D eigenvalue weighted by molar-refractivity contribution is -0.166. The molecule has 190 valence electrons. The van der Waals surface area contributed by atoms with E-state index in [0.29, 0.717) is 5.75 Å². The molecule has 3 aromatic carbocycles. The molecule has 2 aliphatic heterocycles. The fraction of sp³-hybridized carbons (Fsp3) is 0.276. The molecule has 0 spiro atoms. The number of benzene rings is 3. The van der Waals surface area contributed by atoms with Crippen molar-refractivity contribution < 1.29 is 23.9 Å². The Morgan fingerprint density at radius 1 is 0.919 bits per heavy atom. The van der Waals surface area contributed by atoms with Gasteiger partial charge in [0, 0.05) is 4.75 Å². The minimum atomic E-state index is -0.779. The van der Waals surface area contributed by atoms with Crippen LogP contribution in [0.15, 0.2) is 91.0 Å². The molecule has 2 amide bonds. The molecule has 2 saturated heterocycles. The minimum absolute atomic E-state index is 0.199. The van der Waals surface area contributed by atoms with E-state index in [0.717, 1.165) is 11.1 Å². The highest BCUT2D eigenvalue weighted by molar-refractivity contribution is 8.01. The molecule has 3 aromatic rings. The van der Waals surface area contributed by atoms with Crippen LogP contribution in [0.3, 0.4) is 0 Å². The molecule has 1 N–H and O–H groups in total. The van der Waals surface area contributed by atoms with Crippen molar-refractivity contribution in [1.29, 1.82) is 0 Å². The maximum atomic E-state index is 13.6. The predicted molar refractivity (Wildman–Crippen MR) is 141 cm³/mol. The van der Waals surface area contributed by atoms with Crippen LogP contribution < -0.4 is 10.1 Å². The number of amides is 2. The Balaban J connectivity index is 1.28. The van der Waals surface area contributed by atoms with Gasteiger partial charge in [-0.1, -0.05) is 78.9 Å². The van der Waals surface area contributed by atoms with Crippen molar-refractivity contribution in [3.8, 4) is 5.75 Å². The topological polar surface area (TPSA) is 84.9 Å². The average Bonchev–Trinajstić information content (AvgIpc) is 3.18. The summed E-state index contributed by atoms with van der Waals surface area (Å²) in [4.78, 5) is 40.8. The van der Waals surface area contributed by atoms with Gasteiger partial charge in [0.1, 0.15) is 23.2 Å². The van der Waals surface area contributed by atoms with Gasteiger partial charge in [0.25, 0.3) is 5.91 Å². The number of esters is 1. The lowest BCUT2D eigenvalue weighted by atomic mass is 9.95. The van der Waals surface area contributed by atoms with Gasteiger partial charge >= 0.3 is 5.97 Å². The molecule has 5 rings (SSSR count). The normalized spacial score (nSPS) is 21.6. The standard InChI is InChI=1S/C29H28N2O5S/c1-29(2)25(28(34)36-24(19-12-6-3-7-13-19)20-14-8-4-9-15-20)31-26(33)23(27(31)37-29)30-22(32)18-35-21-16-10-5-11-17-21/h3-17,23-25,27H,18H2,1-2H3,(H,30,32)/t23?,25-,27+/m0/s1. The zero-order valence-electron chi connectivity index (χ0n) is 20.6. The van der Waals surface area contributed by atoms with Gasteiger partial charge in [-0.05, 0) is 37.1 Å². The molecule has 7 nitrogen and oxygen atoms in total. The number of para-hydroxylation sites is 1. The molecule has 3 atom stereocenters. The highest BCUT2D eigenvalue weighted by Gasteiger charge is 2.64. The fourth-order valence-corrected chi connectivity index (χ4v) is 6.39. The Morgan fingerprint density at radius 3 is 2.03 bits per heavy atom. The van der Waals surface area contributed by atoms with Crippen molar-refractivity contribution in [3.63, 3.8) is 0 Å². The Hall–Kier alpha value is -3.78. The van der Waals surface area contributed by atoms with Crippen molar-refractivity contribution in [2.75, 3.05) is 6.61 Å². The molecule has 37 heavy (non-hydrogen) atoms. The second-order valence-electron chi connectivity index (χ2n) is 9.55. The number of hydrogen-bond donors (Lipinski definition) is 1. The minimum Gasteiger partial charge on any atom is -0.484 e. The number of fused-ring (bicyclic) bond motifs is 1. The fourth-order valence-electron chi connectivity index (χ4n) is 4.77. The van der Waals surface area contributed by atoms with Crippen molar-refractivity contribution in [2.45, 2.75) is 42.2 Å². The second kappa shape index (κ2) is 10.3. The third-order valence-corrected chi connectivity index (χ3v) is 8.10. The van der Waals surface area contributed by atoms with Crippen molar-refractivity contribution in [2.24, 2.45) is 0 Å². The highest BCUT2D eigenvalue weighted by Crippen LogP contribution is 2.51. The number of carbonyl (C=O) groups excluding carboxylic acids is 3. The third-order valence-electron chi connectivity index (χ3n) is 6.53. The Bertz CT molecular complexity index is 1230. The van der Waals surface area contributed by atoms with Crippen molar-refractivity contribution in [1.82, 2.24) is 10.2 Å². The molecule has 0 saturated carbocycles. The van der Waals surface area contributed by atoms with E-state index in [2.05, 4.69) is 5.32 Å². The summed E-state index contributed by atoms with van der Waals surface area (Å²) in [5.74, 6) is -0.582. The third kappa shape index (κ3) is 5.06. The van der Waals surface area contributed by atoms with Gasteiger partial charge in [0.2, 0.25) is 5.91 Å². The number of ether oxygens (including phenoxy) is 2. The SMILES string of the molecule is CC1(C)S[C@@H]2C(NC(=O)COc3ccccc3)C(=O)N2[C@H]1C(=O)OC(c1ccccc1)c1ccccc1. The van der Waals surface area contributed by atoms with Crippen molar-refractivity contribution >= 4 is 29.5 Å². The first kappa shape index (κ1) is 24.9. The average molecular weight is 517 g/mol. The largest absolute Gasteiger partial charge is 0.484 e. The van der Waals surface area contributed by atoms with Gasteiger partial charge in [0.15, 0.2) is 12.7 Å². The highest BCUT2D eigenvalue weighted by atomic mass is 32.2. The molecule has 0 aliphatic carbocycles. The molecular weight excluding hydrogens is 488 g/mol. The first-order valence-electron chi connectivity index (χ1n) is 12.1. The second-order valence-corrected chi connectivity index (χ2v) is 11.3. The summed E-state index contributed by atoms with van der Waals surface area (Å²) in [5, 5.41) is 2.42. The molecular formula is C29H28N2O5S. The van der Waals surface area contributed by atoms with Crippen LogP contribution in [-0.4, -0.2) is 51.5 Å². The molecule has 2 fully saturated rings. The van der Waals surface area contributed by atoms with E-state index in [-0.39, 0.29) is 23.8 Å². The van der Waals surface area contributed by atoms with E-state index in [1.807, 2.05) is 92.7 Å². The van der Waals surface area contributed by atoms with E-state index in [1.54, 1.807) is 17.0 Å². The van der Waals surface area contributed by atoms with Crippen LogP contribution >= 0.6 is 11.8 Å². The van der Waals surface area contributed by atoms with Crippen LogP contribution in [0.25, 0.3) is 0 Å². The van der Waals surface area contributed by atoms with Crippen LogP contribution in [0.4, 0.5) is 0 Å². The van der Waals surface area contributed by atoms with Gasteiger partial charge in [0.05, 0.1) is 0 Å². The van der Waals surface area contributed by atoms with E-state index >= 15 is 0 Å². The van der Waals surface area contributed by atoms with Gasteiger partial charge < -0.3 is 19.7 Å². The summed E-state index contributed by atoms with van der Waals surface area (Å²) in [6.07, 6.45) is -0.600. The number of hydrogen-bond acceptors (Lipinski definition) is 6. The molecule has 0 radical (unpaired) electrons. The van der Waals surface area contributed by atoms with Crippen molar-refractivity contribution in [3.05, 3.63) is 102 Å². The van der Waals surface area contributed by atoms with Crippen LogP contribution in [-0.2, 0) is 19.1 Å². The number of rotatable bonds is 8. The van der Waals surface area contributed by atoms with E-state index in [1.165, 1.54) is 11.8 Å². The maximum absolute atomic E-state index is 13.6. The molecule has 0 bridgehead atoms. The van der Waals surface area contributed by atoms with Crippen LogP contribution in [0.1, 0.15) is 31.1 Å². The summed E-state index contributed by atoms with van der Waals surface area (Å²) in [5.41, 5.74) is 1.70. The molecule has 0 aromatic heterocycles. The number of nitrogens with one attached hydrogen (secondary N) is 1. The van der Waals surface area contributed by atoms with E-state index < -0.39 is 28.9 Å². The smallest absolute Gasteiger partial charge is 0.331 e. The zero-order valence-corrected chi connectivity index (χ0v) is 21.4. The molecule has 2 aliphatic rings. The zero-order chi connectivity index (χ0) is 26.0. The monoisotopic (exact) mass is 516 g/mol. The number of nitrogens with zero attached hydrogens (tertiary/aromatic N) is 1. The number of thioether (sulfide) groups is 1. The summed E-state index contributed by atoms with van der Waals surface area (Å²) < 4.78 is 11.0. The quantitative estimate of drug-likeness (QED) is 0.361. The first-order chi connectivity index (χ1) is 17.8. The number of carbonyl (C=O) groups is 3. The summed E-state index contributed by atoms with van der Waals surface area (Å²) in [6, 6.07) is 26.6. The lowest BCUT2D eigenvalue weighted by Crippen LogP contribution is -2.71. The van der Waals surface area contributed by atoms with Gasteiger partial charge in [-0.25, -0.2) is 4.79 Å². The predicted octanol–water partition coefficient (Wildman–Crippen LogP) is 3.95. The lowest BCUT2D eigenvalue weighted by Gasteiger charge is -2.44. The van der Waals surface area contributed by atoms with Crippen LogP contribution in [0.5, 0.6) is 5.75 Å². The van der Waals surface area contributed by atoms with Crippen LogP contribution in [0.2, 0.25) is 0 Å². The molecule has 8 heteroatoms. The Morgan fingerprint density at radius 2 is 1.46 bits per heavy atom. The number of β-lactam (4-membered cyclic amide) rings is 1. The summed E-state index contributed by atoms with van der Waals surface area (Å²) in [7, 11) is 0. The molecule has 2 heterocycles. The van der Waals surface area contributed by atoms with E-state index in [9.17, 15) is 14.4 Å². The Labute approximate surface area is 220 Å². The van der Waals surface area contributed by atoms with E-state index in [4.69, 9.17) is 9.47 Å². The first-order valence-corrected chi connectivity index (χ1v) is 13.0. The van der Waals surface area contributed by atoms with Gasteiger partial charge in [-0.15, -0.1) is 11.8 Å². The van der Waals surface area contributed by atoms with Crippen LogP contribution in [0, 0.1) is 0 Å². The van der Waals surface area contributed by atoms with Gasteiger partial charge in [-0.2, -0.15) is 0 Å². The summed E-state index contributed by atoms with van der Waals surface area (Å²) in [6.45, 7) is 3.65. The van der Waals surface area contributed by atoms with Gasteiger partial charge in [-0.3, -0.25) is 9.59 Å². The summed E-state index contributed by atoms with van der Waals surface area (Å²) >= 11 is 1.49. The Kier molecular flexibility index (Phi) is 6.93. The molecule has 1 unspecified atom stereocenters.